The summed E-state index contributed by atoms with van der Waals surface area (Å²) in [5, 5.41) is 0. The minimum Gasteiger partial charge on any atom is -0.302 e. The Kier molecular flexibility index (Phi) is 14.6. The maximum atomic E-state index is 2.37. The molecule has 0 fully saturated rings. The van der Waals surface area contributed by atoms with Gasteiger partial charge in [0, 0.05) is 6.04 Å². The molecule has 0 amide bonds. The Labute approximate surface area is 164 Å². The van der Waals surface area contributed by atoms with Crippen LogP contribution >= 0.6 is 0 Å². The van der Waals surface area contributed by atoms with Crippen molar-refractivity contribution in [3.05, 3.63) is 35.9 Å². The molecule has 0 spiro atoms. The van der Waals surface area contributed by atoms with Gasteiger partial charge in [-0.3, -0.25) is 0 Å². The Morgan fingerprint density at radius 2 is 1.04 bits per heavy atom. The second-order valence-corrected chi connectivity index (χ2v) is 8.27. The molecule has 1 unspecified atom stereocenters. The summed E-state index contributed by atoms with van der Waals surface area (Å²) in [6.45, 7) is 2.30. The van der Waals surface area contributed by atoms with Crippen LogP contribution < -0.4 is 0 Å². The zero-order valence-electron chi connectivity index (χ0n) is 18.0. The van der Waals surface area contributed by atoms with Crippen molar-refractivity contribution in [1.29, 1.82) is 0 Å². The van der Waals surface area contributed by atoms with Gasteiger partial charge in [0.2, 0.25) is 0 Å². The van der Waals surface area contributed by atoms with E-state index in [-0.39, 0.29) is 0 Å². The Balaban J connectivity index is 1.92. The third-order valence-electron chi connectivity index (χ3n) is 5.64. The van der Waals surface area contributed by atoms with Gasteiger partial charge in [-0.15, -0.1) is 0 Å². The van der Waals surface area contributed by atoms with Gasteiger partial charge in [0.25, 0.3) is 0 Å². The van der Waals surface area contributed by atoms with E-state index in [2.05, 4.69) is 56.3 Å². The van der Waals surface area contributed by atoms with Crippen molar-refractivity contribution in [2.75, 3.05) is 14.1 Å². The lowest BCUT2D eigenvalue weighted by molar-refractivity contribution is 0.276. The van der Waals surface area contributed by atoms with Gasteiger partial charge >= 0.3 is 0 Å². The molecule has 1 rings (SSSR count). The van der Waals surface area contributed by atoms with Gasteiger partial charge < -0.3 is 4.90 Å². The van der Waals surface area contributed by atoms with E-state index in [1.54, 1.807) is 0 Å². The van der Waals surface area contributed by atoms with E-state index >= 15 is 0 Å². The Bertz CT molecular complexity index is 398. The molecular formula is C25H45N. The summed E-state index contributed by atoms with van der Waals surface area (Å²) in [5.74, 6) is 0. The van der Waals surface area contributed by atoms with Crippen LogP contribution in [0, 0.1) is 0 Å². The number of hydrogen-bond acceptors (Lipinski definition) is 1. The van der Waals surface area contributed by atoms with E-state index in [0.717, 1.165) is 0 Å². The topological polar surface area (TPSA) is 3.24 Å². The molecule has 0 radical (unpaired) electrons. The molecule has 0 aliphatic heterocycles. The van der Waals surface area contributed by atoms with Crippen LogP contribution in [0.4, 0.5) is 0 Å². The third-order valence-corrected chi connectivity index (χ3v) is 5.64. The molecule has 1 nitrogen and oxygen atoms in total. The van der Waals surface area contributed by atoms with E-state index in [9.17, 15) is 0 Å². The minimum absolute atomic E-state index is 0.577. The van der Waals surface area contributed by atoms with Crippen LogP contribution in [0.3, 0.4) is 0 Å². The Morgan fingerprint density at radius 1 is 0.615 bits per heavy atom. The lowest BCUT2D eigenvalue weighted by Crippen LogP contribution is -2.19. The molecule has 0 bridgehead atoms. The highest BCUT2D eigenvalue weighted by molar-refractivity contribution is 5.18. The van der Waals surface area contributed by atoms with E-state index in [0.29, 0.717) is 6.04 Å². The largest absolute Gasteiger partial charge is 0.302 e. The highest BCUT2D eigenvalue weighted by atomic mass is 15.1. The predicted octanol–water partition coefficient (Wildman–Crippen LogP) is 8.16. The van der Waals surface area contributed by atoms with Crippen LogP contribution in [0.15, 0.2) is 30.3 Å². The van der Waals surface area contributed by atoms with Crippen LogP contribution in [0.5, 0.6) is 0 Å². The zero-order chi connectivity index (χ0) is 18.9. The molecular weight excluding hydrogens is 314 g/mol. The molecule has 1 aromatic rings. The van der Waals surface area contributed by atoms with E-state index in [1.807, 2.05) is 0 Å². The zero-order valence-corrected chi connectivity index (χ0v) is 18.0. The molecule has 26 heavy (non-hydrogen) atoms. The number of unbranched alkanes of at least 4 members (excludes halogenated alkanes) is 13. The van der Waals surface area contributed by atoms with Gasteiger partial charge in [0.05, 0.1) is 0 Å². The van der Waals surface area contributed by atoms with Gasteiger partial charge in [0.15, 0.2) is 0 Å². The number of nitrogens with zero attached hydrogens (tertiary/aromatic N) is 1. The molecule has 1 aromatic carbocycles. The van der Waals surface area contributed by atoms with Crippen molar-refractivity contribution < 1.29 is 0 Å². The van der Waals surface area contributed by atoms with Crippen molar-refractivity contribution in [3.8, 4) is 0 Å². The summed E-state index contributed by atoms with van der Waals surface area (Å²) >= 11 is 0. The molecule has 0 aliphatic rings. The van der Waals surface area contributed by atoms with Crippen LogP contribution in [0.1, 0.15) is 115 Å². The summed E-state index contributed by atoms with van der Waals surface area (Å²) in [5.41, 5.74) is 1.46. The maximum absolute atomic E-state index is 2.37. The highest BCUT2D eigenvalue weighted by Crippen LogP contribution is 2.24. The van der Waals surface area contributed by atoms with E-state index in [1.165, 1.54) is 102 Å². The van der Waals surface area contributed by atoms with Crippen molar-refractivity contribution in [1.82, 2.24) is 4.90 Å². The second-order valence-electron chi connectivity index (χ2n) is 8.27. The lowest BCUT2D eigenvalue weighted by Gasteiger charge is -2.24. The molecule has 1 heteroatoms. The average molecular weight is 360 g/mol. The molecule has 0 saturated heterocycles. The van der Waals surface area contributed by atoms with E-state index < -0.39 is 0 Å². The van der Waals surface area contributed by atoms with Crippen LogP contribution in [-0.4, -0.2) is 19.0 Å². The first kappa shape index (κ1) is 23.2. The maximum Gasteiger partial charge on any atom is 0.0342 e. The summed E-state index contributed by atoms with van der Waals surface area (Å²) in [4.78, 5) is 2.37. The average Bonchev–Trinajstić information content (AvgIpc) is 2.65. The van der Waals surface area contributed by atoms with Crippen LogP contribution in [0.25, 0.3) is 0 Å². The van der Waals surface area contributed by atoms with Gasteiger partial charge in [-0.1, -0.05) is 127 Å². The van der Waals surface area contributed by atoms with Gasteiger partial charge in [0.1, 0.15) is 0 Å². The second kappa shape index (κ2) is 16.4. The fraction of sp³-hybridized carbons (Fsp3) is 0.760. The SMILES string of the molecule is CCCCCCCCCCCCCCCCC(c1ccccc1)N(C)C. The molecule has 150 valence electrons. The van der Waals surface area contributed by atoms with Crippen LogP contribution in [-0.2, 0) is 0 Å². The fourth-order valence-electron chi connectivity index (χ4n) is 3.93. The molecule has 0 saturated carbocycles. The number of hydrogen-bond donors (Lipinski definition) is 0. The molecule has 0 aromatic heterocycles. The monoisotopic (exact) mass is 359 g/mol. The first-order valence-corrected chi connectivity index (χ1v) is 11.5. The Morgan fingerprint density at radius 3 is 1.46 bits per heavy atom. The van der Waals surface area contributed by atoms with Gasteiger partial charge in [-0.05, 0) is 26.1 Å². The van der Waals surface area contributed by atoms with Crippen molar-refractivity contribution in [2.24, 2.45) is 0 Å². The molecule has 0 N–H and O–H groups in total. The number of rotatable bonds is 17. The predicted molar refractivity (Wildman–Crippen MR) is 118 cm³/mol. The Hall–Kier alpha value is -0.820. The third kappa shape index (κ3) is 11.7. The standard InChI is InChI=1S/C25H45N/c1-4-5-6-7-8-9-10-11-12-13-14-15-16-20-23-25(26(2)3)24-21-18-17-19-22-24/h17-19,21-22,25H,4-16,20,23H2,1-3H3. The quantitative estimate of drug-likeness (QED) is 0.253. The van der Waals surface area contributed by atoms with Crippen molar-refractivity contribution >= 4 is 0 Å². The fourth-order valence-corrected chi connectivity index (χ4v) is 3.93. The first-order chi connectivity index (χ1) is 12.8. The normalized spacial score (nSPS) is 12.6. The minimum atomic E-state index is 0.577. The van der Waals surface area contributed by atoms with Crippen LogP contribution in [0.2, 0.25) is 0 Å². The summed E-state index contributed by atoms with van der Waals surface area (Å²) in [6, 6.07) is 11.6. The molecule has 0 heterocycles. The lowest BCUT2D eigenvalue weighted by atomic mass is 9.98. The number of benzene rings is 1. The summed E-state index contributed by atoms with van der Waals surface area (Å²) in [6.07, 6.45) is 21.4. The van der Waals surface area contributed by atoms with Gasteiger partial charge in [-0.2, -0.15) is 0 Å². The molecule has 1 atom stereocenters. The van der Waals surface area contributed by atoms with E-state index in [4.69, 9.17) is 0 Å². The summed E-state index contributed by atoms with van der Waals surface area (Å²) in [7, 11) is 4.42. The smallest absolute Gasteiger partial charge is 0.0342 e. The first-order valence-electron chi connectivity index (χ1n) is 11.5. The highest BCUT2D eigenvalue weighted by Gasteiger charge is 2.12. The van der Waals surface area contributed by atoms with Crippen molar-refractivity contribution in [3.63, 3.8) is 0 Å². The van der Waals surface area contributed by atoms with Crippen molar-refractivity contribution in [2.45, 2.75) is 109 Å². The summed E-state index contributed by atoms with van der Waals surface area (Å²) < 4.78 is 0. The van der Waals surface area contributed by atoms with Gasteiger partial charge in [-0.25, -0.2) is 0 Å². The molecule has 0 aliphatic carbocycles.